The first-order chi connectivity index (χ1) is 9.25. The molecule has 1 aromatic carbocycles. The van der Waals surface area contributed by atoms with Gasteiger partial charge < -0.3 is 14.8 Å². The van der Waals surface area contributed by atoms with Gasteiger partial charge in [0.15, 0.2) is 0 Å². The van der Waals surface area contributed by atoms with Gasteiger partial charge in [-0.15, -0.1) is 0 Å². The maximum Gasteiger partial charge on any atom is 0.123 e. The van der Waals surface area contributed by atoms with Crippen LogP contribution < -0.4 is 10.1 Å². The van der Waals surface area contributed by atoms with E-state index >= 15 is 0 Å². The van der Waals surface area contributed by atoms with Gasteiger partial charge in [-0.2, -0.15) is 0 Å². The lowest BCUT2D eigenvalue weighted by Crippen LogP contribution is -2.26. The minimum atomic E-state index is 0.392. The Balaban J connectivity index is 1.80. The molecule has 2 rings (SSSR count). The lowest BCUT2D eigenvalue weighted by Gasteiger charge is -2.15. The molecule has 3 nitrogen and oxygen atoms in total. The molecule has 0 amide bonds. The number of ether oxygens (including phenoxy) is 2. The van der Waals surface area contributed by atoms with Gasteiger partial charge in [-0.3, -0.25) is 0 Å². The molecular formula is C16H25NO2. The Hall–Kier alpha value is -1.06. The van der Waals surface area contributed by atoms with Gasteiger partial charge in [-0.25, -0.2) is 0 Å². The van der Waals surface area contributed by atoms with E-state index in [1.165, 1.54) is 18.4 Å². The van der Waals surface area contributed by atoms with Gasteiger partial charge in [-0.1, -0.05) is 32.0 Å². The van der Waals surface area contributed by atoms with E-state index in [2.05, 4.69) is 31.3 Å². The van der Waals surface area contributed by atoms with E-state index in [-0.39, 0.29) is 0 Å². The Labute approximate surface area is 116 Å². The van der Waals surface area contributed by atoms with Crippen LogP contribution in [0, 0.1) is 5.92 Å². The highest BCUT2D eigenvalue weighted by Crippen LogP contribution is 2.19. The first-order valence-electron chi connectivity index (χ1n) is 7.28. The summed E-state index contributed by atoms with van der Waals surface area (Å²) < 4.78 is 11.5. The van der Waals surface area contributed by atoms with E-state index in [1.54, 1.807) is 0 Å². The third-order valence-corrected chi connectivity index (χ3v) is 3.26. The minimum Gasteiger partial charge on any atom is -0.493 e. The van der Waals surface area contributed by atoms with Crippen LogP contribution in [0.5, 0.6) is 5.75 Å². The van der Waals surface area contributed by atoms with Crippen molar-refractivity contribution in [3.63, 3.8) is 0 Å². The van der Waals surface area contributed by atoms with Gasteiger partial charge in [0.25, 0.3) is 0 Å². The van der Waals surface area contributed by atoms with Crippen LogP contribution in [0.3, 0.4) is 0 Å². The fraction of sp³-hybridized carbons (Fsp3) is 0.625. The standard InChI is InChI=1S/C16H25NO2/c1-13(2)12-19-16-8-4-3-6-14(16)10-17-11-15-7-5-9-18-15/h3-4,6,8,13,15,17H,5,7,9-12H2,1-2H3. The molecule has 1 aromatic rings. The molecule has 1 atom stereocenters. The second kappa shape index (κ2) is 7.51. The van der Waals surface area contributed by atoms with Crippen LogP contribution in [0.4, 0.5) is 0 Å². The predicted molar refractivity (Wildman–Crippen MR) is 77.5 cm³/mol. The molecule has 1 N–H and O–H groups in total. The highest BCUT2D eigenvalue weighted by atomic mass is 16.5. The molecule has 0 spiro atoms. The van der Waals surface area contributed by atoms with E-state index in [4.69, 9.17) is 9.47 Å². The van der Waals surface area contributed by atoms with Crippen LogP contribution in [0.2, 0.25) is 0 Å². The third kappa shape index (κ3) is 4.84. The summed E-state index contributed by atoms with van der Waals surface area (Å²) in [5, 5.41) is 3.47. The zero-order valence-electron chi connectivity index (χ0n) is 12.0. The molecule has 1 aliphatic heterocycles. The summed E-state index contributed by atoms with van der Waals surface area (Å²) in [6, 6.07) is 8.26. The average Bonchev–Trinajstić information content (AvgIpc) is 2.91. The highest BCUT2D eigenvalue weighted by Gasteiger charge is 2.14. The summed E-state index contributed by atoms with van der Waals surface area (Å²) in [4.78, 5) is 0. The van der Waals surface area contributed by atoms with Crippen molar-refractivity contribution in [2.75, 3.05) is 19.8 Å². The molecule has 1 aliphatic rings. The zero-order chi connectivity index (χ0) is 13.5. The lowest BCUT2D eigenvalue weighted by atomic mass is 10.2. The Morgan fingerprint density at radius 1 is 1.37 bits per heavy atom. The molecule has 0 radical (unpaired) electrons. The number of hydrogen-bond acceptors (Lipinski definition) is 3. The van der Waals surface area contributed by atoms with Crippen molar-refractivity contribution >= 4 is 0 Å². The summed E-state index contributed by atoms with van der Waals surface area (Å²) in [5.41, 5.74) is 1.22. The van der Waals surface area contributed by atoms with Gasteiger partial charge >= 0.3 is 0 Å². The largest absolute Gasteiger partial charge is 0.493 e. The first-order valence-corrected chi connectivity index (χ1v) is 7.28. The molecule has 0 aliphatic carbocycles. The van der Waals surface area contributed by atoms with Crippen LogP contribution in [-0.4, -0.2) is 25.9 Å². The molecule has 1 unspecified atom stereocenters. The summed E-state index contributed by atoms with van der Waals surface area (Å²) >= 11 is 0. The van der Waals surface area contributed by atoms with Gasteiger partial charge in [0.1, 0.15) is 5.75 Å². The van der Waals surface area contributed by atoms with E-state index < -0.39 is 0 Å². The third-order valence-electron chi connectivity index (χ3n) is 3.26. The van der Waals surface area contributed by atoms with Gasteiger partial charge in [0.2, 0.25) is 0 Å². The SMILES string of the molecule is CC(C)COc1ccccc1CNCC1CCCO1. The maximum atomic E-state index is 5.85. The van der Waals surface area contributed by atoms with Crippen LogP contribution >= 0.6 is 0 Å². The molecule has 1 saturated heterocycles. The topological polar surface area (TPSA) is 30.5 Å². The molecule has 0 saturated carbocycles. The van der Waals surface area contributed by atoms with Crippen LogP contribution in [0.15, 0.2) is 24.3 Å². The van der Waals surface area contributed by atoms with E-state index in [0.29, 0.717) is 12.0 Å². The fourth-order valence-corrected chi connectivity index (χ4v) is 2.22. The molecule has 19 heavy (non-hydrogen) atoms. The Bertz CT molecular complexity index is 373. The maximum absolute atomic E-state index is 5.85. The van der Waals surface area contributed by atoms with Gasteiger partial charge in [0, 0.05) is 25.3 Å². The smallest absolute Gasteiger partial charge is 0.123 e. The summed E-state index contributed by atoms with van der Waals surface area (Å²) in [7, 11) is 0. The normalized spacial score (nSPS) is 19.0. The number of rotatable bonds is 7. The molecule has 3 heteroatoms. The highest BCUT2D eigenvalue weighted by molar-refractivity contribution is 5.33. The molecular weight excluding hydrogens is 238 g/mol. The second-order valence-corrected chi connectivity index (χ2v) is 5.58. The Kier molecular flexibility index (Phi) is 5.67. The second-order valence-electron chi connectivity index (χ2n) is 5.58. The van der Waals surface area contributed by atoms with Gasteiger partial charge in [0.05, 0.1) is 12.7 Å². The van der Waals surface area contributed by atoms with E-state index in [9.17, 15) is 0 Å². The van der Waals surface area contributed by atoms with Crippen molar-refractivity contribution in [2.24, 2.45) is 5.92 Å². The van der Waals surface area contributed by atoms with E-state index in [0.717, 1.165) is 32.1 Å². The molecule has 106 valence electrons. The van der Waals surface area contributed by atoms with Crippen molar-refractivity contribution in [3.8, 4) is 5.75 Å². The van der Waals surface area contributed by atoms with Crippen molar-refractivity contribution in [2.45, 2.75) is 39.3 Å². The fourth-order valence-electron chi connectivity index (χ4n) is 2.22. The Morgan fingerprint density at radius 3 is 2.95 bits per heavy atom. The number of hydrogen-bond donors (Lipinski definition) is 1. The first kappa shape index (κ1) is 14.4. The van der Waals surface area contributed by atoms with Crippen molar-refractivity contribution < 1.29 is 9.47 Å². The molecule has 1 fully saturated rings. The predicted octanol–water partition coefficient (Wildman–Crippen LogP) is 2.99. The molecule has 0 bridgehead atoms. The number of benzene rings is 1. The van der Waals surface area contributed by atoms with Crippen LogP contribution in [0.1, 0.15) is 32.3 Å². The molecule has 1 heterocycles. The monoisotopic (exact) mass is 263 g/mol. The zero-order valence-corrected chi connectivity index (χ0v) is 12.0. The average molecular weight is 263 g/mol. The Morgan fingerprint density at radius 2 is 2.21 bits per heavy atom. The number of nitrogens with one attached hydrogen (secondary N) is 1. The van der Waals surface area contributed by atoms with E-state index in [1.807, 2.05) is 12.1 Å². The van der Waals surface area contributed by atoms with Gasteiger partial charge in [-0.05, 0) is 24.8 Å². The number of para-hydroxylation sites is 1. The quantitative estimate of drug-likeness (QED) is 0.820. The summed E-state index contributed by atoms with van der Waals surface area (Å²) in [6.07, 6.45) is 2.77. The van der Waals surface area contributed by atoms with Crippen LogP contribution in [0.25, 0.3) is 0 Å². The summed E-state index contributed by atoms with van der Waals surface area (Å²) in [6.45, 7) is 7.78. The van der Waals surface area contributed by atoms with Crippen LogP contribution in [-0.2, 0) is 11.3 Å². The molecule has 0 aromatic heterocycles. The van der Waals surface area contributed by atoms with Crippen molar-refractivity contribution in [1.82, 2.24) is 5.32 Å². The lowest BCUT2D eigenvalue weighted by molar-refractivity contribution is 0.110. The van der Waals surface area contributed by atoms with Crippen molar-refractivity contribution in [3.05, 3.63) is 29.8 Å². The van der Waals surface area contributed by atoms with Crippen molar-refractivity contribution in [1.29, 1.82) is 0 Å². The summed E-state index contributed by atoms with van der Waals surface area (Å²) in [5.74, 6) is 1.55. The minimum absolute atomic E-state index is 0.392.